The van der Waals surface area contributed by atoms with Gasteiger partial charge in [0.15, 0.2) is 0 Å². The van der Waals surface area contributed by atoms with Crippen LogP contribution >= 0.6 is 0 Å². The van der Waals surface area contributed by atoms with Gasteiger partial charge < -0.3 is 13.7 Å². The summed E-state index contributed by atoms with van der Waals surface area (Å²) < 4.78 is 13.0. The van der Waals surface area contributed by atoms with E-state index in [1.165, 1.54) is 5.39 Å². The molecule has 0 radical (unpaired) electrons. The van der Waals surface area contributed by atoms with Crippen molar-refractivity contribution in [3.63, 3.8) is 0 Å². The second-order valence-electron chi connectivity index (χ2n) is 13.4. The zero-order chi connectivity index (χ0) is 35.5. The summed E-state index contributed by atoms with van der Waals surface area (Å²) in [4.78, 5) is 2.35. The predicted molar refractivity (Wildman–Crippen MR) is 224 cm³/mol. The highest BCUT2D eigenvalue weighted by molar-refractivity contribution is 6.14. The number of rotatable bonds is 7. The van der Waals surface area contributed by atoms with E-state index in [0.29, 0.717) is 0 Å². The maximum Gasteiger partial charge on any atom is 0.143 e. The van der Waals surface area contributed by atoms with Gasteiger partial charge in [-0.25, -0.2) is 0 Å². The Bertz CT molecular complexity index is 3070. The van der Waals surface area contributed by atoms with Crippen molar-refractivity contribution >= 4 is 83.9 Å². The van der Waals surface area contributed by atoms with Crippen LogP contribution in [0.3, 0.4) is 0 Å². The molecule has 10 aromatic rings. The highest BCUT2D eigenvalue weighted by atomic mass is 16.3. The van der Waals surface area contributed by atoms with E-state index in [-0.39, 0.29) is 0 Å². The van der Waals surface area contributed by atoms with E-state index in [2.05, 4.69) is 170 Å². The minimum absolute atomic E-state index is 0.857. The number of para-hydroxylation sites is 3. The molecule has 10 rings (SSSR count). The molecule has 0 amide bonds. The zero-order valence-electron chi connectivity index (χ0n) is 28.9. The monoisotopic (exact) mass is 679 g/mol. The lowest BCUT2D eigenvalue weighted by atomic mass is 9.97. The number of hydrogen-bond donors (Lipinski definition) is 0. The molecule has 53 heavy (non-hydrogen) atoms. The maximum atomic E-state index is 6.76. The first-order chi connectivity index (χ1) is 26.2. The van der Waals surface area contributed by atoms with Gasteiger partial charge in [-0.1, -0.05) is 128 Å². The van der Waals surface area contributed by atoms with Gasteiger partial charge in [0.05, 0.1) is 5.69 Å². The van der Waals surface area contributed by atoms with Crippen molar-refractivity contribution in [1.82, 2.24) is 0 Å². The smallest absolute Gasteiger partial charge is 0.143 e. The molecule has 3 heteroatoms. The van der Waals surface area contributed by atoms with Crippen molar-refractivity contribution in [2.24, 2.45) is 0 Å². The summed E-state index contributed by atoms with van der Waals surface area (Å²) in [5, 5.41) is 6.72. The molecule has 0 aliphatic rings. The summed E-state index contributed by atoms with van der Waals surface area (Å²) in [6, 6.07) is 57.8. The van der Waals surface area contributed by atoms with Crippen LogP contribution in [-0.4, -0.2) is 0 Å². The lowest BCUT2D eigenvalue weighted by molar-refractivity contribution is 0.669. The predicted octanol–water partition coefficient (Wildman–Crippen LogP) is 14.7. The Balaban J connectivity index is 1.21. The molecule has 0 aliphatic carbocycles. The Morgan fingerprint density at radius 3 is 1.98 bits per heavy atom. The SMILES string of the molecule is C=Cc1ccc(-c2cccc(N(c3ccc4oc5ccccc5c4c3)c3ccccc3-c3cccc4c3oc3cc5ccccc5cc34)c2)cc1C=C. The average Bonchev–Trinajstić information content (AvgIpc) is 3.78. The van der Waals surface area contributed by atoms with E-state index in [0.717, 1.165) is 99.7 Å². The van der Waals surface area contributed by atoms with Crippen LogP contribution in [0, 0.1) is 0 Å². The number of fused-ring (bicyclic) bond motifs is 7. The highest BCUT2D eigenvalue weighted by Gasteiger charge is 2.22. The first-order valence-electron chi connectivity index (χ1n) is 17.8. The molecule has 0 unspecified atom stereocenters. The first kappa shape index (κ1) is 30.7. The third-order valence-electron chi connectivity index (χ3n) is 10.4. The third-order valence-corrected chi connectivity index (χ3v) is 10.4. The molecular weight excluding hydrogens is 647 g/mol. The molecule has 0 N–H and O–H groups in total. The number of furan rings is 2. The number of anilines is 3. The van der Waals surface area contributed by atoms with E-state index in [4.69, 9.17) is 8.83 Å². The third kappa shape index (κ3) is 5.05. The molecule has 0 aliphatic heterocycles. The van der Waals surface area contributed by atoms with Gasteiger partial charge in [0.2, 0.25) is 0 Å². The van der Waals surface area contributed by atoms with Crippen molar-refractivity contribution in [2.45, 2.75) is 0 Å². The van der Waals surface area contributed by atoms with Crippen molar-refractivity contribution in [3.8, 4) is 22.3 Å². The fourth-order valence-corrected chi connectivity index (χ4v) is 7.81. The molecule has 0 bridgehead atoms. The molecule has 8 aromatic carbocycles. The minimum Gasteiger partial charge on any atom is -0.456 e. The molecule has 0 fully saturated rings. The van der Waals surface area contributed by atoms with Gasteiger partial charge in [0.1, 0.15) is 22.3 Å². The molecule has 2 aromatic heterocycles. The fourth-order valence-electron chi connectivity index (χ4n) is 7.81. The van der Waals surface area contributed by atoms with Gasteiger partial charge >= 0.3 is 0 Å². The Labute approximate surface area is 306 Å². The van der Waals surface area contributed by atoms with Gasteiger partial charge in [-0.3, -0.25) is 0 Å². The Morgan fingerprint density at radius 1 is 0.415 bits per heavy atom. The van der Waals surface area contributed by atoms with Gasteiger partial charge in [-0.2, -0.15) is 0 Å². The lowest BCUT2D eigenvalue weighted by Crippen LogP contribution is -2.11. The van der Waals surface area contributed by atoms with Crippen molar-refractivity contribution in [2.75, 3.05) is 4.90 Å². The van der Waals surface area contributed by atoms with Crippen molar-refractivity contribution < 1.29 is 8.83 Å². The van der Waals surface area contributed by atoms with Gasteiger partial charge in [0.25, 0.3) is 0 Å². The van der Waals surface area contributed by atoms with E-state index >= 15 is 0 Å². The number of hydrogen-bond acceptors (Lipinski definition) is 3. The summed E-state index contributed by atoms with van der Waals surface area (Å²) in [6.07, 6.45) is 3.76. The van der Waals surface area contributed by atoms with Crippen molar-refractivity contribution in [1.29, 1.82) is 0 Å². The van der Waals surface area contributed by atoms with Gasteiger partial charge in [-0.15, -0.1) is 0 Å². The summed E-state index contributed by atoms with van der Waals surface area (Å²) in [5.41, 5.74) is 13.0. The quantitative estimate of drug-likeness (QED) is 0.168. The second kappa shape index (κ2) is 12.3. The largest absolute Gasteiger partial charge is 0.456 e. The summed E-state index contributed by atoms with van der Waals surface area (Å²) in [7, 11) is 0. The Morgan fingerprint density at radius 2 is 1.09 bits per heavy atom. The number of nitrogens with zero attached hydrogens (tertiary/aromatic N) is 1. The molecular formula is C50H33NO2. The molecule has 2 heterocycles. The zero-order valence-corrected chi connectivity index (χ0v) is 28.9. The van der Waals surface area contributed by atoms with E-state index in [1.807, 2.05) is 24.3 Å². The summed E-state index contributed by atoms with van der Waals surface area (Å²) in [6.45, 7) is 8.05. The first-order valence-corrected chi connectivity index (χ1v) is 17.8. The number of benzene rings is 8. The van der Waals surface area contributed by atoms with Crippen LogP contribution < -0.4 is 4.90 Å². The van der Waals surface area contributed by atoms with Crippen LogP contribution in [0.15, 0.2) is 186 Å². The highest BCUT2D eigenvalue weighted by Crippen LogP contribution is 2.46. The van der Waals surface area contributed by atoms with E-state index in [1.54, 1.807) is 0 Å². The minimum atomic E-state index is 0.857. The second-order valence-corrected chi connectivity index (χ2v) is 13.4. The molecule has 0 spiro atoms. The lowest BCUT2D eigenvalue weighted by Gasteiger charge is -2.28. The molecule has 0 saturated heterocycles. The van der Waals surface area contributed by atoms with Crippen LogP contribution in [0.1, 0.15) is 11.1 Å². The Hall–Kier alpha value is -7.10. The van der Waals surface area contributed by atoms with Crippen LogP contribution in [0.2, 0.25) is 0 Å². The van der Waals surface area contributed by atoms with Crippen LogP contribution in [0.5, 0.6) is 0 Å². The molecule has 250 valence electrons. The van der Waals surface area contributed by atoms with E-state index < -0.39 is 0 Å². The van der Waals surface area contributed by atoms with Crippen LogP contribution in [0.4, 0.5) is 17.1 Å². The molecule has 0 atom stereocenters. The Kier molecular flexibility index (Phi) is 7.12. The summed E-state index contributed by atoms with van der Waals surface area (Å²) in [5.74, 6) is 0. The van der Waals surface area contributed by atoms with E-state index in [9.17, 15) is 0 Å². The van der Waals surface area contributed by atoms with Crippen LogP contribution in [0.25, 0.3) is 89.1 Å². The topological polar surface area (TPSA) is 29.5 Å². The van der Waals surface area contributed by atoms with Gasteiger partial charge in [0, 0.05) is 44.0 Å². The van der Waals surface area contributed by atoms with Gasteiger partial charge in [-0.05, 0) is 93.7 Å². The molecule has 3 nitrogen and oxygen atoms in total. The average molecular weight is 680 g/mol. The normalized spacial score (nSPS) is 11.5. The maximum absolute atomic E-state index is 6.76. The standard InChI is InChI=1S/C50H33NO2/c1-3-32-23-24-37(27-33(32)4-2)34-15-11-16-38(28-34)51(39-25-26-48-45(31-39)41-18-8-10-22-47(41)52-48)46-21-9-7-17-40(46)42-19-12-20-43-44-29-35-13-5-6-14-36(35)30-49(44)53-50(42)43/h3-31H,1-2H2. The fraction of sp³-hybridized carbons (Fsp3) is 0. The summed E-state index contributed by atoms with van der Waals surface area (Å²) >= 11 is 0. The van der Waals surface area contributed by atoms with Crippen LogP contribution in [-0.2, 0) is 0 Å². The molecule has 0 saturated carbocycles. The van der Waals surface area contributed by atoms with Crippen molar-refractivity contribution in [3.05, 3.63) is 188 Å².